The molecule has 0 atom stereocenters. The highest BCUT2D eigenvalue weighted by Gasteiger charge is 2.05. The summed E-state index contributed by atoms with van der Waals surface area (Å²) in [4.78, 5) is 0. The molecule has 0 aliphatic carbocycles. The smallest absolute Gasteiger partial charge is 0.161 e. The fourth-order valence-electron chi connectivity index (χ4n) is 1.41. The van der Waals surface area contributed by atoms with Crippen molar-refractivity contribution in [2.75, 3.05) is 13.2 Å². The molecule has 0 radical (unpaired) electrons. The largest absolute Gasteiger partial charge is 0.490 e. The third-order valence-corrected chi connectivity index (χ3v) is 2.18. The summed E-state index contributed by atoms with van der Waals surface area (Å²) in [5, 5.41) is 17.4. The third-order valence-electron chi connectivity index (χ3n) is 2.18. The fraction of sp³-hybridized carbons (Fsp3) is 0.200. The van der Waals surface area contributed by atoms with Crippen molar-refractivity contribution in [3.8, 4) is 23.6 Å². The van der Waals surface area contributed by atoms with Gasteiger partial charge in [0.1, 0.15) is 24.3 Å². The topological polar surface area (TPSA) is 66.0 Å². The zero-order valence-electron chi connectivity index (χ0n) is 10.7. The van der Waals surface area contributed by atoms with Crippen molar-refractivity contribution in [1.29, 1.82) is 10.5 Å². The molecule has 1 aromatic rings. The predicted octanol–water partition coefficient (Wildman–Crippen LogP) is 3.08. The maximum absolute atomic E-state index is 8.72. The zero-order chi connectivity index (χ0) is 14.1. The summed E-state index contributed by atoms with van der Waals surface area (Å²) in [5.74, 6) is 1.18. The number of ether oxygens (including phenoxy) is 2. The highest BCUT2D eigenvalue weighted by Crippen LogP contribution is 2.29. The lowest BCUT2D eigenvalue weighted by molar-refractivity contribution is 0.297. The Morgan fingerprint density at radius 2 is 2.00 bits per heavy atom. The van der Waals surface area contributed by atoms with Gasteiger partial charge in [0.2, 0.25) is 0 Å². The van der Waals surface area contributed by atoms with Crippen molar-refractivity contribution in [2.24, 2.45) is 0 Å². The number of hydrogen-bond acceptors (Lipinski definition) is 4. The molecule has 0 fully saturated rings. The summed E-state index contributed by atoms with van der Waals surface area (Å²) in [6.45, 7) is 6.34. The Morgan fingerprint density at radius 3 is 2.58 bits per heavy atom. The first-order valence-corrected chi connectivity index (χ1v) is 5.77. The Balaban J connectivity index is 3.09. The van der Waals surface area contributed by atoms with Gasteiger partial charge in [-0.1, -0.05) is 18.7 Å². The Hall–Kier alpha value is -2.72. The number of allylic oxidation sites excluding steroid dienone is 1. The van der Waals surface area contributed by atoms with Crippen LogP contribution < -0.4 is 9.47 Å². The highest BCUT2D eigenvalue weighted by molar-refractivity contribution is 5.64. The van der Waals surface area contributed by atoms with E-state index in [0.29, 0.717) is 30.3 Å². The van der Waals surface area contributed by atoms with Crippen LogP contribution in [0.15, 0.2) is 36.4 Å². The molecule has 0 amide bonds. The predicted molar refractivity (Wildman–Crippen MR) is 72.5 cm³/mol. The molecule has 1 aromatic carbocycles. The van der Waals surface area contributed by atoms with Crippen LogP contribution >= 0.6 is 0 Å². The lowest BCUT2D eigenvalue weighted by Gasteiger charge is -2.11. The molecule has 4 nitrogen and oxygen atoms in total. The number of nitriles is 2. The van der Waals surface area contributed by atoms with E-state index in [0.717, 1.165) is 0 Å². The fourth-order valence-corrected chi connectivity index (χ4v) is 1.41. The molecule has 0 aliphatic rings. The van der Waals surface area contributed by atoms with Gasteiger partial charge in [-0.25, -0.2) is 0 Å². The molecular formula is C15H14N2O2. The van der Waals surface area contributed by atoms with Gasteiger partial charge < -0.3 is 9.47 Å². The first-order chi connectivity index (χ1) is 9.24. The lowest BCUT2D eigenvalue weighted by atomic mass is 10.1. The summed E-state index contributed by atoms with van der Waals surface area (Å²) in [6.07, 6.45) is 3.15. The minimum absolute atomic E-state index is 0.0437. The molecular weight excluding hydrogens is 240 g/mol. The number of hydrogen-bond donors (Lipinski definition) is 0. The molecule has 0 saturated carbocycles. The SMILES string of the molecule is C=CCOc1ccc(C=C(C#N)C#N)cc1OCC. The van der Waals surface area contributed by atoms with Gasteiger partial charge in [0.15, 0.2) is 11.5 Å². The Labute approximate surface area is 112 Å². The molecule has 4 heteroatoms. The van der Waals surface area contributed by atoms with Gasteiger partial charge >= 0.3 is 0 Å². The molecule has 0 saturated heterocycles. The van der Waals surface area contributed by atoms with Crippen molar-refractivity contribution < 1.29 is 9.47 Å². The van der Waals surface area contributed by atoms with E-state index in [2.05, 4.69) is 6.58 Å². The van der Waals surface area contributed by atoms with E-state index < -0.39 is 0 Å². The normalized spacial score (nSPS) is 8.79. The molecule has 0 bridgehead atoms. The monoisotopic (exact) mass is 254 g/mol. The van der Waals surface area contributed by atoms with Crippen LogP contribution in [0.1, 0.15) is 12.5 Å². The molecule has 0 heterocycles. The minimum Gasteiger partial charge on any atom is -0.490 e. The maximum Gasteiger partial charge on any atom is 0.161 e. The van der Waals surface area contributed by atoms with Gasteiger partial charge in [0, 0.05) is 0 Å². The molecule has 0 spiro atoms. The maximum atomic E-state index is 8.72. The van der Waals surface area contributed by atoms with Crippen LogP contribution in [0, 0.1) is 22.7 Å². The quantitative estimate of drug-likeness (QED) is 0.578. The van der Waals surface area contributed by atoms with Crippen LogP contribution in [0.5, 0.6) is 11.5 Å². The van der Waals surface area contributed by atoms with E-state index in [-0.39, 0.29) is 5.57 Å². The number of nitrogens with zero attached hydrogens (tertiary/aromatic N) is 2. The second-order valence-electron chi connectivity index (χ2n) is 3.52. The van der Waals surface area contributed by atoms with Crippen molar-refractivity contribution in [3.63, 3.8) is 0 Å². The second kappa shape index (κ2) is 7.58. The van der Waals surface area contributed by atoms with E-state index in [9.17, 15) is 0 Å². The van der Waals surface area contributed by atoms with Crippen LogP contribution in [0.2, 0.25) is 0 Å². The summed E-state index contributed by atoms with van der Waals surface area (Å²) in [7, 11) is 0. The highest BCUT2D eigenvalue weighted by atomic mass is 16.5. The van der Waals surface area contributed by atoms with E-state index in [4.69, 9.17) is 20.0 Å². The van der Waals surface area contributed by atoms with E-state index >= 15 is 0 Å². The molecule has 0 aromatic heterocycles. The van der Waals surface area contributed by atoms with Gasteiger partial charge in [0.05, 0.1) is 6.61 Å². The summed E-state index contributed by atoms with van der Waals surface area (Å²) in [6, 6.07) is 8.87. The molecule has 0 unspecified atom stereocenters. The van der Waals surface area contributed by atoms with E-state index in [1.807, 2.05) is 19.1 Å². The average Bonchev–Trinajstić information content (AvgIpc) is 2.44. The van der Waals surface area contributed by atoms with Crippen molar-refractivity contribution in [2.45, 2.75) is 6.92 Å². The summed E-state index contributed by atoms with van der Waals surface area (Å²) < 4.78 is 10.9. The summed E-state index contributed by atoms with van der Waals surface area (Å²) >= 11 is 0. The van der Waals surface area contributed by atoms with Crippen molar-refractivity contribution in [3.05, 3.63) is 42.0 Å². The summed E-state index contributed by atoms with van der Waals surface area (Å²) in [5.41, 5.74) is 0.759. The molecule has 0 aliphatic heterocycles. The molecule has 19 heavy (non-hydrogen) atoms. The Morgan fingerprint density at radius 1 is 1.26 bits per heavy atom. The standard InChI is InChI=1S/C15H14N2O2/c1-3-7-19-14-6-5-12(8-13(10-16)11-17)9-15(14)18-4-2/h3,5-6,8-9H,1,4,7H2,2H3. The Bertz CT molecular complexity index is 546. The average molecular weight is 254 g/mol. The van der Waals surface area contributed by atoms with Crippen LogP contribution in [0.25, 0.3) is 6.08 Å². The lowest BCUT2D eigenvalue weighted by Crippen LogP contribution is -1.99. The number of rotatable bonds is 6. The van der Waals surface area contributed by atoms with Crippen LogP contribution in [-0.2, 0) is 0 Å². The van der Waals surface area contributed by atoms with Crippen LogP contribution in [-0.4, -0.2) is 13.2 Å². The first kappa shape index (κ1) is 14.3. The first-order valence-electron chi connectivity index (χ1n) is 5.77. The van der Waals surface area contributed by atoms with Crippen LogP contribution in [0.3, 0.4) is 0 Å². The molecule has 96 valence electrons. The van der Waals surface area contributed by atoms with Crippen LogP contribution in [0.4, 0.5) is 0 Å². The van der Waals surface area contributed by atoms with Gasteiger partial charge in [-0.3, -0.25) is 0 Å². The molecule has 0 N–H and O–H groups in total. The van der Waals surface area contributed by atoms with E-state index in [1.165, 1.54) is 6.08 Å². The number of benzene rings is 1. The van der Waals surface area contributed by atoms with Gasteiger partial charge in [-0.2, -0.15) is 10.5 Å². The Kier molecular flexibility index (Phi) is 5.72. The van der Waals surface area contributed by atoms with Gasteiger partial charge in [-0.15, -0.1) is 0 Å². The van der Waals surface area contributed by atoms with Gasteiger partial charge in [-0.05, 0) is 30.7 Å². The van der Waals surface area contributed by atoms with E-state index in [1.54, 1.807) is 24.3 Å². The van der Waals surface area contributed by atoms with Crippen molar-refractivity contribution >= 4 is 6.08 Å². The van der Waals surface area contributed by atoms with Gasteiger partial charge in [0.25, 0.3) is 0 Å². The zero-order valence-corrected chi connectivity index (χ0v) is 10.7. The minimum atomic E-state index is 0.0437. The third kappa shape index (κ3) is 4.22. The van der Waals surface area contributed by atoms with Crippen molar-refractivity contribution in [1.82, 2.24) is 0 Å². The second-order valence-corrected chi connectivity index (χ2v) is 3.52. The molecule has 1 rings (SSSR count).